The Morgan fingerprint density at radius 1 is 0.926 bits per heavy atom. The van der Waals surface area contributed by atoms with E-state index in [-0.39, 0.29) is 10.8 Å². The lowest BCUT2D eigenvalue weighted by Crippen LogP contribution is -2.32. The number of hydrogen-bond donors (Lipinski definition) is 1. The van der Waals surface area contributed by atoms with Gasteiger partial charge in [0, 0.05) is 24.3 Å². The summed E-state index contributed by atoms with van der Waals surface area (Å²) in [7, 11) is -3.70. The summed E-state index contributed by atoms with van der Waals surface area (Å²) in [4.78, 5) is 14.5. The maximum atomic E-state index is 12.6. The summed E-state index contributed by atoms with van der Waals surface area (Å²) in [5.74, 6) is -0.0650. The van der Waals surface area contributed by atoms with E-state index in [9.17, 15) is 13.2 Å². The van der Waals surface area contributed by atoms with Gasteiger partial charge in [0.15, 0.2) is 0 Å². The molecule has 0 spiro atoms. The highest BCUT2D eigenvalue weighted by Crippen LogP contribution is 2.20. The number of benzene rings is 2. The lowest BCUT2D eigenvalue weighted by molar-refractivity contribution is 0.0755. The maximum absolute atomic E-state index is 12.6. The number of carbonyl (C=O) groups is 1. The molecule has 0 aliphatic carbocycles. The molecule has 0 fully saturated rings. The second kappa shape index (κ2) is 9.04. The average Bonchev–Trinajstić information content (AvgIpc) is 2.64. The molecule has 5 nitrogen and oxygen atoms in total. The Labute approximate surface area is 162 Å². The quantitative estimate of drug-likeness (QED) is 0.730. The van der Waals surface area contributed by atoms with Crippen molar-refractivity contribution in [1.29, 1.82) is 0 Å². The van der Waals surface area contributed by atoms with Crippen LogP contribution in [0.2, 0.25) is 0 Å². The van der Waals surface area contributed by atoms with Crippen molar-refractivity contribution in [3.63, 3.8) is 0 Å². The van der Waals surface area contributed by atoms with Gasteiger partial charge in [-0.2, -0.15) is 0 Å². The number of hydrogen-bond acceptors (Lipinski definition) is 3. The normalized spacial score (nSPS) is 11.3. The highest BCUT2D eigenvalue weighted by atomic mass is 32.2. The van der Waals surface area contributed by atoms with Gasteiger partial charge in [0.05, 0.1) is 4.90 Å². The van der Waals surface area contributed by atoms with Gasteiger partial charge in [-0.15, -0.1) is 0 Å². The van der Waals surface area contributed by atoms with Crippen molar-refractivity contribution in [2.75, 3.05) is 17.8 Å². The van der Waals surface area contributed by atoms with Crippen LogP contribution in [0.5, 0.6) is 0 Å². The smallest absolute Gasteiger partial charge is 0.261 e. The van der Waals surface area contributed by atoms with Gasteiger partial charge in [-0.05, 0) is 74.2 Å². The van der Waals surface area contributed by atoms with E-state index >= 15 is 0 Å². The molecule has 0 heterocycles. The number of nitrogens with one attached hydrogen (secondary N) is 1. The fourth-order valence-corrected chi connectivity index (χ4v) is 3.88. The first-order valence-corrected chi connectivity index (χ1v) is 10.8. The zero-order chi connectivity index (χ0) is 20.0. The third kappa shape index (κ3) is 5.32. The second-order valence-corrected chi connectivity index (χ2v) is 8.40. The summed E-state index contributed by atoms with van der Waals surface area (Å²) in [6.45, 7) is 9.37. The van der Waals surface area contributed by atoms with Gasteiger partial charge in [0.25, 0.3) is 15.9 Å². The molecule has 0 bridgehead atoms. The highest BCUT2D eigenvalue weighted by Gasteiger charge is 2.18. The minimum atomic E-state index is -3.70. The minimum Gasteiger partial charge on any atom is -0.339 e. The summed E-state index contributed by atoms with van der Waals surface area (Å²) in [6, 6.07) is 11.5. The maximum Gasteiger partial charge on any atom is 0.261 e. The Bertz CT molecular complexity index is 884. The summed E-state index contributed by atoms with van der Waals surface area (Å²) < 4.78 is 27.8. The molecular weight excluding hydrogens is 360 g/mol. The zero-order valence-electron chi connectivity index (χ0n) is 16.5. The van der Waals surface area contributed by atoms with Gasteiger partial charge in [-0.1, -0.05) is 19.9 Å². The first-order valence-electron chi connectivity index (χ1n) is 9.28. The SMILES string of the molecule is CCCN(CCC)C(=O)c1ccc(S(=O)(=O)Nc2ccc(C)c(C)c2)cc1. The van der Waals surface area contributed by atoms with Crippen LogP contribution in [0.1, 0.15) is 48.2 Å². The molecule has 1 N–H and O–H groups in total. The van der Waals surface area contributed by atoms with Crippen molar-refractivity contribution in [2.45, 2.75) is 45.4 Å². The van der Waals surface area contributed by atoms with E-state index in [1.165, 1.54) is 12.1 Å². The summed E-state index contributed by atoms with van der Waals surface area (Å²) in [6.07, 6.45) is 1.77. The fraction of sp³-hybridized carbons (Fsp3) is 0.381. The highest BCUT2D eigenvalue weighted by molar-refractivity contribution is 7.92. The number of carbonyl (C=O) groups excluding carboxylic acids is 1. The molecule has 2 rings (SSSR count). The first kappa shape index (κ1) is 21.0. The topological polar surface area (TPSA) is 66.5 Å². The largest absolute Gasteiger partial charge is 0.339 e. The second-order valence-electron chi connectivity index (χ2n) is 6.72. The van der Waals surface area contributed by atoms with Crippen molar-refractivity contribution in [1.82, 2.24) is 4.90 Å². The lowest BCUT2D eigenvalue weighted by atomic mass is 10.1. The Hall–Kier alpha value is -2.34. The van der Waals surface area contributed by atoms with Gasteiger partial charge in [0.2, 0.25) is 0 Å². The lowest BCUT2D eigenvalue weighted by Gasteiger charge is -2.21. The van der Waals surface area contributed by atoms with Crippen LogP contribution in [-0.2, 0) is 10.0 Å². The molecule has 6 heteroatoms. The molecule has 0 saturated heterocycles. The number of anilines is 1. The van der Waals surface area contributed by atoms with E-state index in [1.807, 2.05) is 33.8 Å². The third-order valence-electron chi connectivity index (χ3n) is 4.44. The zero-order valence-corrected chi connectivity index (χ0v) is 17.3. The molecule has 27 heavy (non-hydrogen) atoms. The van der Waals surface area contributed by atoms with Gasteiger partial charge < -0.3 is 4.90 Å². The van der Waals surface area contributed by atoms with E-state index in [0.29, 0.717) is 24.3 Å². The van der Waals surface area contributed by atoms with E-state index in [0.717, 1.165) is 24.0 Å². The predicted octanol–water partition coefficient (Wildman–Crippen LogP) is 4.37. The Balaban J connectivity index is 2.19. The molecule has 2 aromatic carbocycles. The van der Waals surface area contributed by atoms with Crippen LogP contribution < -0.4 is 4.72 Å². The molecule has 0 aromatic heterocycles. The van der Waals surface area contributed by atoms with Crippen LogP contribution in [0, 0.1) is 13.8 Å². The van der Waals surface area contributed by atoms with E-state index in [2.05, 4.69) is 4.72 Å². The molecule has 0 radical (unpaired) electrons. The standard InChI is InChI=1S/C21H28N2O3S/c1-5-13-23(14-6-2)21(24)18-8-11-20(12-9-18)27(25,26)22-19-10-7-16(3)17(4)15-19/h7-12,15,22H,5-6,13-14H2,1-4H3. The van der Waals surface area contributed by atoms with Crippen LogP contribution >= 0.6 is 0 Å². The number of amides is 1. The number of rotatable bonds is 8. The molecule has 0 aliphatic heterocycles. The van der Waals surface area contributed by atoms with E-state index < -0.39 is 10.0 Å². The number of aryl methyl sites for hydroxylation is 2. The molecule has 1 amide bonds. The molecule has 146 valence electrons. The number of sulfonamides is 1. The van der Waals surface area contributed by atoms with E-state index in [4.69, 9.17) is 0 Å². The van der Waals surface area contributed by atoms with Crippen LogP contribution in [0.25, 0.3) is 0 Å². The Kier molecular flexibility index (Phi) is 7.02. The summed E-state index contributed by atoms with van der Waals surface area (Å²) >= 11 is 0. The summed E-state index contributed by atoms with van der Waals surface area (Å²) in [5.41, 5.74) is 3.14. The van der Waals surface area contributed by atoms with Gasteiger partial charge in [-0.3, -0.25) is 9.52 Å². The molecule has 0 aliphatic rings. The number of nitrogens with zero attached hydrogens (tertiary/aromatic N) is 1. The molecule has 0 atom stereocenters. The molecular formula is C21H28N2O3S. The van der Waals surface area contributed by atoms with Crippen molar-refractivity contribution in [3.05, 3.63) is 59.2 Å². The van der Waals surface area contributed by atoms with Gasteiger partial charge in [-0.25, -0.2) is 8.42 Å². The first-order chi connectivity index (χ1) is 12.8. The van der Waals surface area contributed by atoms with Crippen LogP contribution in [0.15, 0.2) is 47.4 Å². The average molecular weight is 389 g/mol. The third-order valence-corrected chi connectivity index (χ3v) is 5.84. The van der Waals surface area contributed by atoms with Crippen molar-refractivity contribution < 1.29 is 13.2 Å². The van der Waals surface area contributed by atoms with Gasteiger partial charge in [0.1, 0.15) is 0 Å². The monoisotopic (exact) mass is 388 g/mol. The van der Waals surface area contributed by atoms with Crippen molar-refractivity contribution in [2.24, 2.45) is 0 Å². The van der Waals surface area contributed by atoms with Crippen LogP contribution in [0.3, 0.4) is 0 Å². The van der Waals surface area contributed by atoms with Crippen molar-refractivity contribution >= 4 is 21.6 Å². The van der Waals surface area contributed by atoms with Crippen LogP contribution in [-0.4, -0.2) is 32.3 Å². The molecule has 0 saturated carbocycles. The molecule has 2 aromatic rings. The van der Waals surface area contributed by atoms with Crippen LogP contribution in [0.4, 0.5) is 5.69 Å². The minimum absolute atomic E-state index is 0.0650. The van der Waals surface area contributed by atoms with Gasteiger partial charge >= 0.3 is 0 Å². The Morgan fingerprint density at radius 3 is 2.04 bits per heavy atom. The molecule has 0 unspecified atom stereocenters. The fourth-order valence-electron chi connectivity index (χ4n) is 2.83. The summed E-state index contributed by atoms with van der Waals surface area (Å²) in [5, 5.41) is 0. The van der Waals surface area contributed by atoms with E-state index in [1.54, 1.807) is 29.2 Å². The predicted molar refractivity (Wildman–Crippen MR) is 110 cm³/mol. The van der Waals surface area contributed by atoms with Crippen molar-refractivity contribution in [3.8, 4) is 0 Å². The Morgan fingerprint density at radius 2 is 1.52 bits per heavy atom.